The zero-order valence-corrected chi connectivity index (χ0v) is 23.3. The van der Waals surface area contributed by atoms with Gasteiger partial charge < -0.3 is 14.8 Å². The number of anilines is 2. The zero-order chi connectivity index (χ0) is 28.1. The quantitative estimate of drug-likeness (QED) is 0.289. The van der Waals surface area contributed by atoms with Crippen LogP contribution in [0.4, 0.5) is 11.6 Å². The molecule has 5 rings (SSSR count). The molecular weight excluding hydrogens is 504 g/mol. The van der Waals surface area contributed by atoms with Gasteiger partial charge in [0.1, 0.15) is 5.56 Å². The predicted octanol–water partition coefficient (Wildman–Crippen LogP) is 4.97. The van der Waals surface area contributed by atoms with Gasteiger partial charge in [-0.05, 0) is 80.2 Å². The molecule has 4 aromatic rings. The lowest BCUT2D eigenvalue weighted by atomic mass is 9.89. The number of rotatable bonds is 9. The summed E-state index contributed by atoms with van der Waals surface area (Å²) in [5.41, 5.74) is 6.32. The average molecular weight is 541 g/mol. The van der Waals surface area contributed by atoms with Crippen LogP contribution >= 0.6 is 0 Å². The summed E-state index contributed by atoms with van der Waals surface area (Å²) in [5, 5.41) is 3.52. The second kappa shape index (κ2) is 12.4. The molecule has 9 nitrogen and oxygen atoms in total. The van der Waals surface area contributed by atoms with Crippen LogP contribution in [0.2, 0.25) is 0 Å². The minimum absolute atomic E-state index is 0.0587. The van der Waals surface area contributed by atoms with Crippen LogP contribution in [0.15, 0.2) is 65.7 Å². The number of hydrogen-bond acceptors (Lipinski definition) is 7. The molecule has 40 heavy (non-hydrogen) atoms. The Morgan fingerprint density at radius 3 is 2.42 bits per heavy atom. The Hall–Kier alpha value is -4.08. The van der Waals surface area contributed by atoms with Crippen molar-refractivity contribution in [3.8, 4) is 5.69 Å². The molecule has 2 N–H and O–H groups in total. The Morgan fingerprint density at radius 1 is 1.05 bits per heavy atom. The summed E-state index contributed by atoms with van der Waals surface area (Å²) in [5.74, 6) is 0.311. The summed E-state index contributed by atoms with van der Waals surface area (Å²) < 4.78 is 1.75. The highest BCUT2D eigenvalue weighted by atomic mass is 16.6. The van der Waals surface area contributed by atoms with Gasteiger partial charge in [-0.25, -0.2) is 10.5 Å². The number of amides is 1. The number of fused-ring (bicyclic) bond motifs is 1. The van der Waals surface area contributed by atoms with Crippen molar-refractivity contribution in [2.24, 2.45) is 0 Å². The van der Waals surface area contributed by atoms with Gasteiger partial charge in [-0.3, -0.25) is 14.4 Å². The van der Waals surface area contributed by atoms with Crippen molar-refractivity contribution in [1.29, 1.82) is 0 Å². The summed E-state index contributed by atoms with van der Waals surface area (Å²) in [7, 11) is 1.33. The fourth-order valence-electron chi connectivity index (χ4n) is 5.34. The van der Waals surface area contributed by atoms with Crippen LogP contribution in [0.3, 0.4) is 0 Å². The highest BCUT2D eigenvalue weighted by Crippen LogP contribution is 2.29. The van der Waals surface area contributed by atoms with E-state index in [9.17, 15) is 9.59 Å². The van der Waals surface area contributed by atoms with Gasteiger partial charge in [-0.15, -0.1) is 0 Å². The van der Waals surface area contributed by atoms with E-state index in [1.807, 2.05) is 36.4 Å². The highest BCUT2D eigenvalue weighted by Gasteiger charge is 2.20. The second-order valence-electron chi connectivity index (χ2n) is 10.2. The van der Waals surface area contributed by atoms with Crippen LogP contribution in [0.5, 0.6) is 0 Å². The number of aryl methyl sites for hydroxylation is 1. The van der Waals surface area contributed by atoms with E-state index < -0.39 is 11.3 Å². The summed E-state index contributed by atoms with van der Waals surface area (Å²) in [6.07, 6.45) is 7.34. The van der Waals surface area contributed by atoms with Crippen molar-refractivity contribution in [1.82, 2.24) is 24.9 Å². The average Bonchev–Trinajstić information content (AvgIpc) is 2.99. The third-order valence-electron chi connectivity index (χ3n) is 7.61. The summed E-state index contributed by atoms with van der Waals surface area (Å²) >= 11 is 0. The molecule has 1 aliphatic rings. The smallest absolute Gasteiger partial charge is 0.280 e. The SMILES string of the molecule is CCCc1ccc(-n2cc(C(=O)NOC)c(=O)c3cnc(Nc4ccc(C5CCN(CC)CC5)cc4)nc32)cc1. The van der Waals surface area contributed by atoms with E-state index in [-0.39, 0.29) is 10.9 Å². The van der Waals surface area contributed by atoms with Crippen LogP contribution in [-0.4, -0.2) is 52.1 Å². The number of hydroxylamine groups is 1. The van der Waals surface area contributed by atoms with E-state index in [1.54, 1.807) is 4.57 Å². The first-order valence-electron chi connectivity index (χ1n) is 13.9. The first kappa shape index (κ1) is 27.5. The number of piperidine rings is 1. The Balaban J connectivity index is 1.47. The van der Waals surface area contributed by atoms with Crippen molar-refractivity contribution in [3.05, 3.63) is 87.8 Å². The van der Waals surface area contributed by atoms with Crippen molar-refractivity contribution >= 4 is 28.6 Å². The van der Waals surface area contributed by atoms with Gasteiger partial charge >= 0.3 is 0 Å². The van der Waals surface area contributed by atoms with E-state index in [4.69, 9.17) is 9.82 Å². The number of nitrogens with zero attached hydrogens (tertiary/aromatic N) is 4. The highest BCUT2D eigenvalue weighted by molar-refractivity contribution is 5.96. The normalized spacial score (nSPS) is 14.4. The standard InChI is InChI=1S/C31H36N6O3/c1-4-6-21-7-13-25(14-8-21)37-20-27(30(39)35-40-3)28(38)26-19-32-31(34-29(26)37)33-24-11-9-22(10-12-24)23-15-17-36(5-2)18-16-23/h7-14,19-20,23H,4-6,15-18H2,1-3H3,(H,35,39)(H,32,33,34). The van der Waals surface area contributed by atoms with Gasteiger partial charge in [-0.1, -0.05) is 44.5 Å². The lowest BCUT2D eigenvalue weighted by Gasteiger charge is -2.31. The Bertz CT molecular complexity index is 1520. The Kier molecular flexibility index (Phi) is 8.52. The lowest BCUT2D eigenvalue weighted by Crippen LogP contribution is -2.32. The van der Waals surface area contributed by atoms with E-state index in [0.29, 0.717) is 17.5 Å². The molecular formula is C31H36N6O3. The molecule has 0 spiro atoms. The third kappa shape index (κ3) is 5.90. The minimum Gasteiger partial charge on any atom is -0.324 e. The Morgan fingerprint density at radius 2 is 1.77 bits per heavy atom. The van der Waals surface area contributed by atoms with Crippen molar-refractivity contribution in [3.63, 3.8) is 0 Å². The first-order valence-corrected chi connectivity index (χ1v) is 13.9. The molecule has 2 aromatic carbocycles. The van der Waals surface area contributed by atoms with E-state index in [2.05, 4.69) is 46.7 Å². The van der Waals surface area contributed by atoms with E-state index in [1.165, 1.54) is 43.5 Å². The molecule has 1 aliphatic heterocycles. The molecule has 0 bridgehead atoms. The lowest BCUT2D eigenvalue weighted by molar-refractivity contribution is 0.0536. The molecule has 208 valence electrons. The zero-order valence-electron chi connectivity index (χ0n) is 23.3. The van der Waals surface area contributed by atoms with E-state index >= 15 is 0 Å². The molecule has 0 unspecified atom stereocenters. The molecule has 0 saturated carbocycles. The van der Waals surface area contributed by atoms with Gasteiger partial charge in [0.2, 0.25) is 11.4 Å². The maximum atomic E-state index is 13.2. The van der Waals surface area contributed by atoms with Gasteiger partial charge in [0, 0.05) is 23.8 Å². The van der Waals surface area contributed by atoms with Crippen LogP contribution in [0.25, 0.3) is 16.7 Å². The monoisotopic (exact) mass is 540 g/mol. The first-order chi connectivity index (χ1) is 19.5. The molecule has 1 fully saturated rings. The largest absolute Gasteiger partial charge is 0.324 e. The number of pyridine rings is 1. The molecule has 3 heterocycles. The second-order valence-corrected chi connectivity index (χ2v) is 10.2. The number of nitrogens with one attached hydrogen (secondary N) is 2. The van der Waals surface area contributed by atoms with Gasteiger partial charge in [-0.2, -0.15) is 4.98 Å². The van der Waals surface area contributed by atoms with Gasteiger partial charge in [0.05, 0.1) is 12.5 Å². The summed E-state index contributed by atoms with van der Waals surface area (Å²) in [4.78, 5) is 42.2. The molecule has 1 saturated heterocycles. The van der Waals surface area contributed by atoms with Gasteiger partial charge in [0.25, 0.3) is 5.91 Å². The maximum Gasteiger partial charge on any atom is 0.280 e. The van der Waals surface area contributed by atoms with E-state index in [0.717, 1.165) is 43.9 Å². The van der Waals surface area contributed by atoms with Crippen molar-refractivity contribution in [2.75, 3.05) is 32.1 Å². The fourth-order valence-corrected chi connectivity index (χ4v) is 5.34. The molecule has 0 radical (unpaired) electrons. The number of carbonyl (C=O) groups is 1. The van der Waals surface area contributed by atoms with Crippen LogP contribution in [0, 0.1) is 0 Å². The maximum absolute atomic E-state index is 13.2. The third-order valence-corrected chi connectivity index (χ3v) is 7.61. The molecule has 9 heteroatoms. The van der Waals surface area contributed by atoms with Crippen molar-refractivity contribution < 1.29 is 9.63 Å². The number of hydrogen-bond donors (Lipinski definition) is 2. The molecule has 1 amide bonds. The number of benzene rings is 2. The van der Waals surface area contributed by atoms with Crippen LogP contribution in [0.1, 0.15) is 60.5 Å². The summed E-state index contributed by atoms with van der Waals surface area (Å²) in [6.45, 7) is 7.75. The predicted molar refractivity (Wildman–Crippen MR) is 157 cm³/mol. The Labute approximate surface area is 234 Å². The topological polar surface area (TPSA) is 101 Å². The number of likely N-dealkylation sites (tertiary alicyclic amines) is 1. The molecule has 0 atom stereocenters. The van der Waals surface area contributed by atoms with Crippen molar-refractivity contribution in [2.45, 2.75) is 45.4 Å². The molecule has 2 aromatic heterocycles. The fraction of sp³-hybridized carbons (Fsp3) is 0.355. The number of carbonyl (C=O) groups excluding carboxylic acids is 1. The number of aromatic nitrogens is 3. The van der Waals surface area contributed by atoms with Crippen LogP contribution < -0.4 is 16.2 Å². The van der Waals surface area contributed by atoms with Gasteiger partial charge in [0.15, 0.2) is 5.65 Å². The van der Waals surface area contributed by atoms with Crippen LogP contribution in [-0.2, 0) is 11.3 Å². The molecule has 0 aliphatic carbocycles. The summed E-state index contributed by atoms with van der Waals surface area (Å²) in [6, 6.07) is 16.5. The minimum atomic E-state index is -0.631.